The minimum Gasteiger partial charge on any atom is -0.496 e. The third kappa shape index (κ3) is 3.71. The molecule has 0 radical (unpaired) electrons. The Bertz CT molecular complexity index is 794. The number of carbonyl (C=O) groups excluding carboxylic acids is 1. The molecule has 1 N–H and O–H groups in total. The zero-order valence-corrected chi connectivity index (χ0v) is 14.0. The van der Waals surface area contributed by atoms with E-state index in [0.29, 0.717) is 13.0 Å². The summed E-state index contributed by atoms with van der Waals surface area (Å²) in [5.41, 5.74) is 3.09. The highest BCUT2D eigenvalue weighted by molar-refractivity contribution is 7.15. The van der Waals surface area contributed by atoms with Gasteiger partial charge in [-0.3, -0.25) is 9.20 Å². The highest BCUT2D eigenvalue weighted by Gasteiger charge is 2.09. The summed E-state index contributed by atoms with van der Waals surface area (Å²) in [7, 11) is 1.66. The van der Waals surface area contributed by atoms with Gasteiger partial charge in [-0.2, -0.15) is 0 Å². The number of thiazole rings is 1. The Morgan fingerprint density at radius 2 is 2.30 bits per heavy atom. The van der Waals surface area contributed by atoms with Crippen LogP contribution in [0.4, 0.5) is 0 Å². The topological polar surface area (TPSA) is 55.6 Å². The second-order valence-electron chi connectivity index (χ2n) is 5.42. The molecule has 2 aromatic heterocycles. The normalized spacial score (nSPS) is 10.9. The Labute approximate surface area is 138 Å². The Kier molecular flexibility index (Phi) is 4.62. The highest BCUT2D eigenvalue weighted by atomic mass is 32.1. The van der Waals surface area contributed by atoms with Crippen molar-refractivity contribution >= 4 is 22.2 Å². The van der Waals surface area contributed by atoms with Crippen molar-refractivity contribution in [2.45, 2.75) is 19.8 Å². The molecule has 0 aliphatic rings. The van der Waals surface area contributed by atoms with E-state index >= 15 is 0 Å². The van der Waals surface area contributed by atoms with Gasteiger partial charge in [-0.15, -0.1) is 11.3 Å². The molecule has 0 saturated heterocycles. The molecule has 120 valence electrons. The summed E-state index contributed by atoms with van der Waals surface area (Å²) < 4.78 is 7.29. The molecule has 0 unspecified atom stereocenters. The lowest BCUT2D eigenvalue weighted by molar-refractivity contribution is -0.120. The number of amides is 1. The van der Waals surface area contributed by atoms with Crippen molar-refractivity contribution in [3.8, 4) is 5.75 Å². The molecule has 5 nitrogen and oxygen atoms in total. The predicted molar refractivity (Wildman–Crippen MR) is 91.2 cm³/mol. The lowest BCUT2D eigenvalue weighted by atomic mass is 10.1. The zero-order chi connectivity index (χ0) is 16.2. The Hall–Kier alpha value is -2.34. The molecule has 2 heterocycles. The minimum atomic E-state index is -0.0117. The second kappa shape index (κ2) is 6.83. The van der Waals surface area contributed by atoms with Gasteiger partial charge in [0, 0.05) is 24.3 Å². The smallest absolute Gasteiger partial charge is 0.226 e. The first-order chi connectivity index (χ1) is 11.2. The Morgan fingerprint density at radius 3 is 3.09 bits per heavy atom. The van der Waals surface area contributed by atoms with Crippen LogP contribution >= 0.6 is 11.3 Å². The number of nitrogens with zero attached hydrogens (tertiary/aromatic N) is 2. The molecule has 0 aliphatic carbocycles. The molecule has 0 aliphatic heterocycles. The molecule has 3 rings (SSSR count). The van der Waals surface area contributed by atoms with Gasteiger partial charge in [0.25, 0.3) is 0 Å². The van der Waals surface area contributed by atoms with Gasteiger partial charge in [-0.1, -0.05) is 17.7 Å². The van der Waals surface area contributed by atoms with Crippen LogP contribution in [-0.4, -0.2) is 28.9 Å². The predicted octanol–water partition coefficient (Wildman–Crippen LogP) is 2.61. The summed E-state index contributed by atoms with van der Waals surface area (Å²) in [4.78, 5) is 17.4. The van der Waals surface area contributed by atoms with Gasteiger partial charge in [0.2, 0.25) is 5.91 Å². The van der Waals surface area contributed by atoms with Crippen molar-refractivity contribution in [2.75, 3.05) is 13.7 Å². The number of imidazole rings is 1. The number of nitrogens with one attached hydrogen (secondary N) is 1. The van der Waals surface area contributed by atoms with Crippen LogP contribution in [0, 0.1) is 6.92 Å². The molecule has 1 amide bonds. The van der Waals surface area contributed by atoms with Crippen molar-refractivity contribution < 1.29 is 9.53 Å². The van der Waals surface area contributed by atoms with Crippen LogP contribution in [0.25, 0.3) is 4.96 Å². The third-order valence-corrected chi connectivity index (χ3v) is 4.41. The third-order valence-electron chi connectivity index (χ3n) is 3.64. The Balaban J connectivity index is 1.53. The fraction of sp³-hybridized carbons (Fsp3) is 0.294. The van der Waals surface area contributed by atoms with Gasteiger partial charge in [0.1, 0.15) is 5.75 Å². The maximum atomic E-state index is 12.0. The van der Waals surface area contributed by atoms with Gasteiger partial charge in [0.05, 0.1) is 19.2 Å². The maximum absolute atomic E-state index is 12.0. The average Bonchev–Trinajstić information content (AvgIpc) is 3.08. The van der Waals surface area contributed by atoms with E-state index in [2.05, 4.69) is 16.4 Å². The lowest BCUT2D eigenvalue weighted by Gasteiger charge is -2.10. The largest absolute Gasteiger partial charge is 0.496 e. The van der Waals surface area contributed by atoms with Crippen LogP contribution in [0.1, 0.15) is 16.8 Å². The molecule has 0 saturated carbocycles. The number of aromatic nitrogens is 2. The molecule has 23 heavy (non-hydrogen) atoms. The molecule has 0 spiro atoms. The van der Waals surface area contributed by atoms with Gasteiger partial charge in [-0.25, -0.2) is 4.98 Å². The maximum Gasteiger partial charge on any atom is 0.226 e. The summed E-state index contributed by atoms with van der Waals surface area (Å²) in [6, 6.07) is 6.07. The van der Waals surface area contributed by atoms with E-state index in [0.717, 1.165) is 28.4 Å². The van der Waals surface area contributed by atoms with Crippen molar-refractivity contribution in [1.29, 1.82) is 0 Å². The van der Waals surface area contributed by atoms with Crippen molar-refractivity contribution in [1.82, 2.24) is 14.7 Å². The van der Waals surface area contributed by atoms with Gasteiger partial charge >= 0.3 is 0 Å². The van der Waals surface area contributed by atoms with E-state index in [-0.39, 0.29) is 5.91 Å². The SMILES string of the molecule is COc1ccc(C)cc1CCNC(=O)Cc1cn2ccsc2n1. The van der Waals surface area contributed by atoms with E-state index in [1.54, 1.807) is 18.4 Å². The van der Waals surface area contributed by atoms with Crippen molar-refractivity contribution in [3.05, 3.63) is 52.8 Å². The van der Waals surface area contributed by atoms with Crippen LogP contribution in [-0.2, 0) is 17.6 Å². The minimum absolute atomic E-state index is 0.0117. The number of carbonyl (C=O) groups is 1. The number of benzene rings is 1. The summed E-state index contributed by atoms with van der Waals surface area (Å²) in [5.74, 6) is 0.849. The number of hydrogen-bond acceptors (Lipinski definition) is 4. The number of ether oxygens (including phenoxy) is 1. The van der Waals surface area contributed by atoms with Gasteiger partial charge < -0.3 is 10.1 Å². The average molecular weight is 329 g/mol. The lowest BCUT2D eigenvalue weighted by Crippen LogP contribution is -2.27. The van der Waals surface area contributed by atoms with Gasteiger partial charge in [-0.05, 0) is 25.0 Å². The molecule has 0 atom stereocenters. The van der Waals surface area contributed by atoms with Crippen LogP contribution in [0.2, 0.25) is 0 Å². The Morgan fingerprint density at radius 1 is 1.43 bits per heavy atom. The highest BCUT2D eigenvalue weighted by Crippen LogP contribution is 2.19. The molecule has 0 bridgehead atoms. The van der Waals surface area contributed by atoms with Crippen molar-refractivity contribution in [2.24, 2.45) is 0 Å². The van der Waals surface area contributed by atoms with Gasteiger partial charge in [0.15, 0.2) is 4.96 Å². The first-order valence-electron chi connectivity index (χ1n) is 7.47. The summed E-state index contributed by atoms with van der Waals surface area (Å²) >= 11 is 1.56. The first kappa shape index (κ1) is 15.6. The van der Waals surface area contributed by atoms with Crippen molar-refractivity contribution in [3.63, 3.8) is 0 Å². The van der Waals surface area contributed by atoms with E-state index in [9.17, 15) is 4.79 Å². The van der Waals surface area contributed by atoms with Crippen LogP contribution in [0.3, 0.4) is 0 Å². The van der Waals surface area contributed by atoms with E-state index < -0.39 is 0 Å². The van der Waals surface area contributed by atoms with Crippen LogP contribution in [0.5, 0.6) is 5.75 Å². The zero-order valence-electron chi connectivity index (χ0n) is 13.2. The fourth-order valence-electron chi connectivity index (χ4n) is 2.53. The van der Waals surface area contributed by atoms with E-state index in [1.165, 1.54) is 5.56 Å². The second-order valence-corrected chi connectivity index (χ2v) is 6.29. The summed E-state index contributed by atoms with van der Waals surface area (Å²) in [6.45, 7) is 2.63. The monoisotopic (exact) mass is 329 g/mol. The number of aryl methyl sites for hydroxylation is 1. The molecule has 3 aromatic rings. The fourth-order valence-corrected chi connectivity index (χ4v) is 3.25. The quantitative estimate of drug-likeness (QED) is 0.756. The summed E-state index contributed by atoms with van der Waals surface area (Å²) in [6.07, 6.45) is 4.89. The molecular weight excluding hydrogens is 310 g/mol. The number of methoxy groups -OCH3 is 1. The van der Waals surface area contributed by atoms with Crippen LogP contribution in [0.15, 0.2) is 36.0 Å². The molecular formula is C17H19N3O2S. The molecule has 0 fully saturated rings. The van der Waals surface area contributed by atoms with E-state index in [4.69, 9.17) is 4.74 Å². The summed E-state index contributed by atoms with van der Waals surface area (Å²) in [5, 5.41) is 4.92. The number of rotatable bonds is 6. The molecule has 1 aromatic carbocycles. The first-order valence-corrected chi connectivity index (χ1v) is 8.35. The number of hydrogen-bond donors (Lipinski definition) is 1. The standard InChI is InChI=1S/C17H19N3O2S/c1-12-3-4-15(22-2)13(9-12)5-6-18-16(21)10-14-11-20-7-8-23-17(20)19-14/h3-4,7-9,11H,5-6,10H2,1-2H3,(H,18,21). The van der Waals surface area contributed by atoms with Crippen LogP contribution < -0.4 is 10.1 Å². The number of fused-ring (bicyclic) bond motifs is 1. The molecule has 6 heteroatoms. The van der Waals surface area contributed by atoms with E-state index in [1.807, 2.05) is 41.2 Å².